The number of fused-ring (bicyclic) bond motifs is 1. The Bertz CT molecular complexity index is 918. The molecule has 0 aliphatic heterocycles. The van der Waals surface area contributed by atoms with Crippen LogP contribution in [0.5, 0.6) is 0 Å². The molecule has 0 fully saturated rings. The van der Waals surface area contributed by atoms with E-state index in [9.17, 15) is 9.59 Å². The topological polar surface area (TPSA) is 98.7 Å². The van der Waals surface area contributed by atoms with Gasteiger partial charge >= 0.3 is 5.69 Å². The van der Waals surface area contributed by atoms with Gasteiger partial charge in [-0.15, -0.1) is 0 Å². The number of H-pyrrole nitrogens is 1. The molecule has 0 spiro atoms. The lowest BCUT2D eigenvalue weighted by Crippen LogP contribution is -2.29. The van der Waals surface area contributed by atoms with Crippen LogP contribution in [0.4, 0.5) is 0 Å². The first-order chi connectivity index (χ1) is 10.0. The fourth-order valence-electron chi connectivity index (χ4n) is 2.44. The summed E-state index contributed by atoms with van der Waals surface area (Å²) in [4.78, 5) is 31.0. The van der Waals surface area contributed by atoms with E-state index in [0.717, 1.165) is 0 Å². The van der Waals surface area contributed by atoms with Gasteiger partial charge < -0.3 is 10.3 Å². The maximum atomic E-state index is 12.2. The molecule has 0 bridgehead atoms. The zero-order valence-electron chi connectivity index (χ0n) is 11.7. The number of hydrogen-bond acceptors (Lipinski definition) is 4. The van der Waals surface area contributed by atoms with Crippen molar-refractivity contribution in [3.8, 4) is 5.69 Å². The quantitative estimate of drug-likeness (QED) is 0.713. The lowest BCUT2D eigenvalue weighted by molar-refractivity contribution is 0.695. The molecule has 0 aliphatic carbocycles. The number of imidazole rings is 1. The van der Waals surface area contributed by atoms with E-state index in [0.29, 0.717) is 22.7 Å². The summed E-state index contributed by atoms with van der Waals surface area (Å²) in [5.74, 6) is 0.547. The van der Waals surface area contributed by atoms with Gasteiger partial charge in [0, 0.05) is 7.05 Å². The molecule has 2 heterocycles. The van der Waals surface area contributed by atoms with Crippen LogP contribution in [0.15, 0.2) is 39.9 Å². The Morgan fingerprint density at radius 1 is 1.24 bits per heavy atom. The van der Waals surface area contributed by atoms with Crippen LogP contribution in [0, 0.1) is 0 Å². The van der Waals surface area contributed by atoms with Crippen LogP contribution in [0.1, 0.15) is 18.8 Å². The van der Waals surface area contributed by atoms with Crippen molar-refractivity contribution in [3.63, 3.8) is 0 Å². The smallest absolute Gasteiger partial charge is 0.324 e. The maximum absolute atomic E-state index is 12.2. The monoisotopic (exact) mass is 285 g/mol. The fourth-order valence-corrected chi connectivity index (χ4v) is 2.44. The summed E-state index contributed by atoms with van der Waals surface area (Å²) in [5, 5.41) is 0. The molecule has 7 heteroatoms. The van der Waals surface area contributed by atoms with E-state index >= 15 is 0 Å². The van der Waals surface area contributed by atoms with E-state index < -0.39 is 11.2 Å². The van der Waals surface area contributed by atoms with E-state index in [1.807, 2.05) is 18.2 Å². The van der Waals surface area contributed by atoms with Crippen molar-refractivity contribution < 1.29 is 0 Å². The van der Waals surface area contributed by atoms with E-state index in [1.165, 1.54) is 4.57 Å². The molecule has 1 aromatic carbocycles. The summed E-state index contributed by atoms with van der Waals surface area (Å²) < 4.78 is 3.00. The van der Waals surface area contributed by atoms with Crippen molar-refractivity contribution in [3.05, 3.63) is 57.0 Å². The molecule has 0 radical (unpaired) electrons. The first-order valence-corrected chi connectivity index (χ1v) is 6.53. The predicted octanol–water partition coefficient (Wildman–Crippen LogP) is 0.432. The van der Waals surface area contributed by atoms with E-state index in [4.69, 9.17) is 5.73 Å². The van der Waals surface area contributed by atoms with Gasteiger partial charge in [-0.1, -0.05) is 18.2 Å². The summed E-state index contributed by atoms with van der Waals surface area (Å²) in [6, 6.07) is 8.69. The number of rotatable bonds is 2. The van der Waals surface area contributed by atoms with Gasteiger partial charge in [0.1, 0.15) is 5.82 Å². The molecule has 0 aliphatic rings. The van der Waals surface area contributed by atoms with Gasteiger partial charge in [-0.25, -0.2) is 14.3 Å². The SMILES string of the molecule is CC(N)c1nc2c(c(=O)[nH]c(=O)n2-c2ccccc2)n1C. The molecule has 21 heavy (non-hydrogen) atoms. The molecule has 3 aromatic rings. The number of nitrogens with one attached hydrogen (secondary N) is 1. The van der Waals surface area contributed by atoms with Gasteiger partial charge in [0.25, 0.3) is 5.56 Å². The highest BCUT2D eigenvalue weighted by Gasteiger charge is 2.18. The highest BCUT2D eigenvalue weighted by Crippen LogP contribution is 2.16. The van der Waals surface area contributed by atoms with Crippen molar-refractivity contribution in [2.75, 3.05) is 0 Å². The first kappa shape index (κ1) is 13.3. The van der Waals surface area contributed by atoms with Gasteiger partial charge in [-0.3, -0.25) is 9.78 Å². The number of para-hydroxylation sites is 1. The van der Waals surface area contributed by atoms with Crippen molar-refractivity contribution >= 4 is 11.2 Å². The average molecular weight is 285 g/mol. The second-order valence-electron chi connectivity index (χ2n) is 4.92. The average Bonchev–Trinajstić information content (AvgIpc) is 2.78. The van der Waals surface area contributed by atoms with Gasteiger partial charge in [0.15, 0.2) is 11.2 Å². The number of hydrogen-bond donors (Lipinski definition) is 2. The Labute approximate surface area is 119 Å². The third kappa shape index (κ3) is 1.98. The Kier molecular flexibility index (Phi) is 2.99. The summed E-state index contributed by atoms with van der Waals surface area (Å²) in [6.45, 7) is 1.78. The molecule has 3 N–H and O–H groups in total. The molecule has 108 valence electrons. The normalized spacial score (nSPS) is 12.7. The third-order valence-electron chi connectivity index (χ3n) is 3.38. The molecular weight excluding hydrogens is 270 g/mol. The third-order valence-corrected chi connectivity index (χ3v) is 3.38. The summed E-state index contributed by atoms with van der Waals surface area (Å²) >= 11 is 0. The van der Waals surface area contributed by atoms with Crippen molar-refractivity contribution in [2.24, 2.45) is 12.8 Å². The molecule has 0 saturated heterocycles. The largest absolute Gasteiger partial charge is 0.334 e. The number of aromatic nitrogens is 4. The molecule has 2 aromatic heterocycles. The number of benzene rings is 1. The second kappa shape index (κ2) is 4.71. The molecule has 1 atom stereocenters. The number of aromatic amines is 1. The lowest BCUT2D eigenvalue weighted by Gasteiger charge is -2.05. The highest BCUT2D eigenvalue weighted by atomic mass is 16.2. The molecule has 3 rings (SSSR count). The van der Waals surface area contributed by atoms with Crippen molar-refractivity contribution in [2.45, 2.75) is 13.0 Å². The fraction of sp³-hybridized carbons (Fsp3) is 0.214. The van der Waals surface area contributed by atoms with Crippen molar-refractivity contribution in [1.29, 1.82) is 0 Å². The van der Waals surface area contributed by atoms with Crippen LogP contribution in [0.25, 0.3) is 16.9 Å². The first-order valence-electron chi connectivity index (χ1n) is 6.53. The standard InChI is InChI=1S/C14H15N5O2/c1-8(15)11-16-12-10(18(11)2)13(20)17-14(21)19(12)9-6-4-3-5-7-9/h3-8H,15H2,1-2H3,(H,17,20,21). The van der Waals surface area contributed by atoms with Crippen LogP contribution in [0.3, 0.4) is 0 Å². The number of aryl methyl sites for hydroxylation is 1. The molecule has 0 amide bonds. The Hall–Kier alpha value is -2.67. The van der Waals surface area contributed by atoms with Crippen LogP contribution in [-0.4, -0.2) is 19.1 Å². The van der Waals surface area contributed by atoms with Crippen LogP contribution in [-0.2, 0) is 7.05 Å². The van der Waals surface area contributed by atoms with Gasteiger partial charge in [-0.2, -0.15) is 0 Å². The minimum atomic E-state index is -0.520. The summed E-state index contributed by atoms with van der Waals surface area (Å²) in [7, 11) is 1.71. The van der Waals surface area contributed by atoms with E-state index in [2.05, 4.69) is 9.97 Å². The molecule has 0 saturated carbocycles. The van der Waals surface area contributed by atoms with Gasteiger partial charge in [0.05, 0.1) is 11.7 Å². The molecular formula is C14H15N5O2. The Balaban J connectivity index is 2.49. The zero-order valence-corrected chi connectivity index (χ0v) is 11.7. The molecule has 1 unspecified atom stereocenters. The highest BCUT2D eigenvalue weighted by molar-refractivity contribution is 5.73. The van der Waals surface area contributed by atoms with Crippen LogP contribution < -0.4 is 17.0 Å². The van der Waals surface area contributed by atoms with Crippen LogP contribution in [0.2, 0.25) is 0 Å². The van der Waals surface area contributed by atoms with E-state index in [1.54, 1.807) is 30.7 Å². The summed E-state index contributed by atoms with van der Waals surface area (Å²) in [6.07, 6.45) is 0. The number of nitrogens with zero attached hydrogens (tertiary/aromatic N) is 3. The van der Waals surface area contributed by atoms with Gasteiger partial charge in [0.2, 0.25) is 0 Å². The van der Waals surface area contributed by atoms with E-state index in [-0.39, 0.29) is 6.04 Å². The second-order valence-corrected chi connectivity index (χ2v) is 4.92. The predicted molar refractivity (Wildman–Crippen MR) is 79.5 cm³/mol. The van der Waals surface area contributed by atoms with Crippen molar-refractivity contribution in [1.82, 2.24) is 19.1 Å². The zero-order chi connectivity index (χ0) is 15.1. The minimum Gasteiger partial charge on any atom is -0.324 e. The minimum absolute atomic E-state index is 0.310. The maximum Gasteiger partial charge on any atom is 0.334 e. The number of nitrogens with two attached hydrogens (primary N) is 1. The Morgan fingerprint density at radius 3 is 2.52 bits per heavy atom. The van der Waals surface area contributed by atoms with Crippen LogP contribution >= 0.6 is 0 Å². The summed E-state index contributed by atoms with van der Waals surface area (Å²) in [5.41, 5.74) is 6.16. The lowest BCUT2D eigenvalue weighted by atomic mass is 10.3. The molecule has 7 nitrogen and oxygen atoms in total. The van der Waals surface area contributed by atoms with Gasteiger partial charge in [-0.05, 0) is 19.1 Å². The Morgan fingerprint density at radius 2 is 1.90 bits per heavy atom.